The van der Waals surface area contributed by atoms with E-state index in [1.807, 2.05) is 0 Å². The van der Waals surface area contributed by atoms with Gasteiger partial charge in [-0.15, -0.1) is 5.10 Å². The van der Waals surface area contributed by atoms with Crippen molar-refractivity contribution in [1.82, 2.24) is 14.5 Å². The second kappa shape index (κ2) is 4.53. The van der Waals surface area contributed by atoms with Crippen LogP contribution in [0.2, 0.25) is 0 Å². The highest BCUT2D eigenvalue weighted by atomic mass is 32.1. The molecule has 17 heavy (non-hydrogen) atoms. The van der Waals surface area contributed by atoms with Crippen LogP contribution in [-0.4, -0.2) is 28.1 Å². The van der Waals surface area contributed by atoms with Gasteiger partial charge < -0.3 is 10.6 Å². The second-order valence-corrected chi connectivity index (χ2v) is 6.50. The summed E-state index contributed by atoms with van der Waals surface area (Å²) in [5.41, 5.74) is 6.77. The molecule has 2 aliphatic rings. The van der Waals surface area contributed by atoms with Gasteiger partial charge in [0.05, 0.1) is 0 Å². The molecule has 3 rings (SSSR count). The second-order valence-electron chi connectivity index (χ2n) is 5.72. The van der Waals surface area contributed by atoms with Crippen LogP contribution < -0.4 is 5.73 Å². The largest absolute Gasteiger partial charge is 0.388 e. The number of nitrogens with zero attached hydrogens (tertiary/aromatic N) is 3. The molecule has 1 heterocycles. The van der Waals surface area contributed by atoms with E-state index in [0.29, 0.717) is 0 Å². The van der Waals surface area contributed by atoms with Crippen molar-refractivity contribution in [3.63, 3.8) is 0 Å². The van der Waals surface area contributed by atoms with Crippen LogP contribution >= 0.6 is 11.5 Å². The molecule has 2 aliphatic carbocycles. The monoisotopic (exact) mass is 252 g/mol. The Morgan fingerprint density at radius 1 is 1.41 bits per heavy atom. The molecule has 3 unspecified atom stereocenters. The van der Waals surface area contributed by atoms with Gasteiger partial charge >= 0.3 is 0 Å². The fraction of sp³-hybridized carbons (Fsp3) is 0.833. The van der Waals surface area contributed by atoms with E-state index >= 15 is 0 Å². The summed E-state index contributed by atoms with van der Waals surface area (Å²) in [6.45, 7) is 2.04. The average molecular weight is 252 g/mol. The van der Waals surface area contributed by atoms with Crippen LogP contribution in [0.1, 0.15) is 31.4 Å². The molecule has 0 aromatic carbocycles. The van der Waals surface area contributed by atoms with Gasteiger partial charge in [0.15, 0.2) is 0 Å². The zero-order valence-corrected chi connectivity index (χ0v) is 11.1. The van der Waals surface area contributed by atoms with E-state index in [9.17, 15) is 0 Å². The Morgan fingerprint density at radius 2 is 2.29 bits per heavy atom. The molecule has 0 aliphatic heterocycles. The number of rotatable bonds is 4. The molecule has 0 amide bonds. The smallest absolute Gasteiger partial charge is 0.132 e. The Kier molecular flexibility index (Phi) is 3.04. The van der Waals surface area contributed by atoms with Gasteiger partial charge in [0.2, 0.25) is 0 Å². The summed E-state index contributed by atoms with van der Waals surface area (Å²) in [6.07, 6.45) is 5.87. The summed E-state index contributed by atoms with van der Waals surface area (Å²) in [5.74, 6) is 2.93. The number of hydrogen-bond donors (Lipinski definition) is 1. The predicted octanol–water partition coefficient (Wildman–Crippen LogP) is 1.99. The Balaban J connectivity index is 1.54. The molecule has 2 bridgehead atoms. The van der Waals surface area contributed by atoms with E-state index in [-0.39, 0.29) is 0 Å². The van der Waals surface area contributed by atoms with E-state index in [0.717, 1.165) is 35.0 Å². The van der Waals surface area contributed by atoms with Crippen molar-refractivity contribution in [2.24, 2.45) is 17.8 Å². The molecule has 2 N–H and O–H groups in total. The lowest BCUT2D eigenvalue weighted by molar-refractivity contribution is 0.213. The molecule has 1 aromatic heterocycles. The van der Waals surface area contributed by atoms with Crippen molar-refractivity contribution >= 4 is 16.5 Å². The molecule has 1 aromatic rings. The van der Waals surface area contributed by atoms with Gasteiger partial charge in [-0.3, -0.25) is 0 Å². The molecular formula is C12H20N4S. The number of aromatic nitrogens is 2. The van der Waals surface area contributed by atoms with Crippen molar-refractivity contribution in [3.05, 3.63) is 5.69 Å². The SMILES string of the molecule is CN(Cc1nnsc1N)CC1CC2CCC1C2. The zero-order chi connectivity index (χ0) is 11.8. The minimum Gasteiger partial charge on any atom is -0.388 e. The standard InChI is InChI=1S/C12H20N4S/c1-16(7-11-12(13)17-15-14-11)6-10-5-8-2-3-9(10)4-8/h8-10H,2-7,13H2,1H3. The molecule has 4 nitrogen and oxygen atoms in total. The number of nitrogens with two attached hydrogens (primary N) is 1. The molecule has 0 saturated heterocycles. The Labute approximate surface area is 106 Å². The molecule has 3 atom stereocenters. The third-order valence-corrected chi connectivity index (χ3v) is 5.03. The Hall–Kier alpha value is -0.680. The molecule has 2 fully saturated rings. The third-order valence-electron chi connectivity index (χ3n) is 4.44. The van der Waals surface area contributed by atoms with Crippen LogP contribution in [0.5, 0.6) is 0 Å². The van der Waals surface area contributed by atoms with Gasteiger partial charge in [-0.25, -0.2) is 0 Å². The molecule has 5 heteroatoms. The van der Waals surface area contributed by atoms with Gasteiger partial charge in [-0.05, 0) is 44.1 Å². The van der Waals surface area contributed by atoms with Gasteiger partial charge in [0.25, 0.3) is 0 Å². The van der Waals surface area contributed by atoms with E-state index in [2.05, 4.69) is 21.5 Å². The normalized spacial score (nSPS) is 31.5. The number of hydrogen-bond acceptors (Lipinski definition) is 5. The first-order valence-electron chi connectivity index (χ1n) is 6.47. The Morgan fingerprint density at radius 3 is 2.88 bits per heavy atom. The van der Waals surface area contributed by atoms with Crippen molar-refractivity contribution in [2.45, 2.75) is 32.2 Å². The Bertz CT molecular complexity index is 392. The summed E-state index contributed by atoms with van der Waals surface area (Å²) in [6, 6.07) is 0. The van der Waals surface area contributed by atoms with Crippen LogP contribution in [0.3, 0.4) is 0 Å². The van der Waals surface area contributed by atoms with Crippen LogP contribution in [0.15, 0.2) is 0 Å². The predicted molar refractivity (Wildman–Crippen MR) is 69.6 cm³/mol. The van der Waals surface area contributed by atoms with Gasteiger partial charge in [0, 0.05) is 24.6 Å². The van der Waals surface area contributed by atoms with E-state index in [4.69, 9.17) is 5.73 Å². The summed E-state index contributed by atoms with van der Waals surface area (Å²) in [4.78, 5) is 2.36. The highest BCUT2D eigenvalue weighted by Crippen LogP contribution is 2.48. The molecular weight excluding hydrogens is 232 g/mol. The van der Waals surface area contributed by atoms with Crippen molar-refractivity contribution < 1.29 is 0 Å². The first-order chi connectivity index (χ1) is 8.22. The van der Waals surface area contributed by atoms with Crippen molar-refractivity contribution in [1.29, 1.82) is 0 Å². The maximum Gasteiger partial charge on any atom is 0.132 e. The van der Waals surface area contributed by atoms with Gasteiger partial charge in [-0.1, -0.05) is 10.9 Å². The number of anilines is 1. The molecule has 0 spiro atoms. The first-order valence-corrected chi connectivity index (χ1v) is 7.25. The van der Waals surface area contributed by atoms with Gasteiger partial charge in [0.1, 0.15) is 10.7 Å². The van der Waals surface area contributed by atoms with Crippen molar-refractivity contribution in [3.8, 4) is 0 Å². The minimum absolute atomic E-state index is 0.768. The lowest BCUT2D eigenvalue weighted by atomic mass is 9.88. The third kappa shape index (κ3) is 2.31. The van der Waals surface area contributed by atoms with Gasteiger partial charge in [-0.2, -0.15) is 0 Å². The van der Waals surface area contributed by atoms with E-state index < -0.39 is 0 Å². The summed E-state index contributed by atoms with van der Waals surface area (Å²) in [5, 5.41) is 4.85. The van der Waals surface area contributed by atoms with Crippen LogP contribution in [0.4, 0.5) is 5.00 Å². The quantitative estimate of drug-likeness (QED) is 0.890. The van der Waals surface area contributed by atoms with E-state index in [1.165, 1.54) is 43.8 Å². The molecule has 2 saturated carbocycles. The fourth-order valence-electron chi connectivity index (χ4n) is 3.65. The maximum atomic E-state index is 5.82. The molecule has 94 valence electrons. The lowest BCUT2D eigenvalue weighted by Crippen LogP contribution is -2.28. The average Bonchev–Trinajstić information content (AvgIpc) is 2.96. The minimum atomic E-state index is 0.768. The maximum absolute atomic E-state index is 5.82. The highest BCUT2D eigenvalue weighted by Gasteiger charge is 2.39. The summed E-state index contributed by atoms with van der Waals surface area (Å²) < 4.78 is 3.88. The highest BCUT2D eigenvalue weighted by molar-refractivity contribution is 7.09. The number of fused-ring (bicyclic) bond motifs is 2. The topological polar surface area (TPSA) is 55.0 Å². The summed E-state index contributed by atoms with van der Waals surface area (Å²) >= 11 is 1.29. The lowest BCUT2D eigenvalue weighted by Gasteiger charge is -2.26. The molecule has 0 radical (unpaired) electrons. The van der Waals surface area contributed by atoms with Crippen LogP contribution in [-0.2, 0) is 6.54 Å². The first kappa shape index (κ1) is 11.4. The van der Waals surface area contributed by atoms with Crippen LogP contribution in [0.25, 0.3) is 0 Å². The van der Waals surface area contributed by atoms with Crippen LogP contribution in [0, 0.1) is 17.8 Å². The van der Waals surface area contributed by atoms with Crippen molar-refractivity contribution in [2.75, 3.05) is 19.3 Å². The number of nitrogen functional groups attached to an aromatic ring is 1. The fourth-order valence-corrected chi connectivity index (χ4v) is 4.08. The summed E-state index contributed by atoms with van der Waals surface area (Å²) in [7, 11) is 2.17. The zero-order valence-electron chi connectivity index (χ0n) is 10.3. The van der Waals surface area contributed by atoms with E-state index in [1.54, 1.807) is 0 Å².